The molecule has 3 nitrogen and oxygen atoms in total. The predicted molar refractivity (Wildman–Crippen MR) is 87.2 cm³/mol. The minimum absolute atomic E-state index is 0.0587. The Hall–Kier alpha value is -1.35. The maximum absolute atomic E-state index is 11.3. The fraction of sp³-hybridized carbons (Fsp3) is 0.611. The van der Waals surface area contributed by atoms with Crippen LogP contribution < -0.4 is 5.73 Å². The quantitative estimate of drug-likeness (QED) is 0.554. The van der Waals surface area contributed by atoms with Gasteiger partial charge in [0, 0.05) is 12.5 Å². The van der Waals surface area contributed by atoms with Gasteiger partial charge in [0.15, 0.2) is 0 Å². The maximum atomic E-state index is 11.3. The molecule has 0 aromatic heterocycles. The van der Waals surface area contributed by atoms with E-state index in [-0.39, 0.29) is 12.0 Å². The Bertz CT molecular complexity index is 443. The van der Waals surface area contributed by atoms with Crippen LogP contribution >= 0.6 is 0 Å². The molecule has 0 heterocycles. The zero-order valence-electron chi connectivity index (χ0n) is 13.7. The summed E-state index contributed by atoms with van der Waals surface area (Å²) in [5.41, 5.74) is 10.3. The molecule has 1 unspecified atom stereocenters. The summed E-state index contributed by atoms with van der Waals surface area (Å²) in [7, 11) is 0. The van der Waals surface area contributed by atoms with Crippen LogP contribution in [0, 0.1) is 0 Å². The van der Waals surface area contributed by atoms with E-state index in [1.54, 1.807) is 0 Å². The van der Waals surface area contributed by atoms with Crippen molar-refractivity contribution in [3.63, 3.8) is 0 Å². The van der Waals surface area contributed by atoms with Gasteiger partial charge in [-0.15, -0.1) is 0 Å². The van der Waals surface area contributed by atoms with Gasteiger partial charge in [-0.3, -0.25) is 4.79 Å². The summed E-state index contributed by atoms with van der Waals surface area (Å²) in [5, 5.41) is 0. The van der Waals surface area contributed by atoms with Crippen molar-refractivity contribution in [1.29, 1.82) is 0 Å². The highest BCUT2D eigenvalue weighted by Crippen LogP contribution is 2.21. The summed E-state index contributed by atoms with van der Waals surface area (Å²) < 4.78 is 4.92. The Morgan fingerprint density at radius 2 is 1.86 bits per heavy atom. The lowest BCUT2D eigenvalue weighted by Gasteiger charge is -2.15. The van der Waals surface area contributed by atoms with Gasteiger partial charge in [-0.25, -0.2) is 0 Å². The molecule has 0 amide bonds. The average Bonchev–Trinajstić information content (AvgIpc) is 2.50. The summed E-state index contributed by atoms with van der Waals surface area (Å²) in [6.07, 6.45) is 5.32. The first-order valence-corrected chi connectivity index (χ1v) is 8.15. The van der Waals surface area contributed by atoms with Crippen LogP contribution in [0.4, 0.5) is 0 Å². The number of carbonyl (C=O) groups excluding carboxylic acids is 1. The smallest absolute Gasteiger partial charge is 0.305 e. The van der Waals surface area contributed by atoms with E-state index in [2.05, 4.69) is 32.0 Å². The molecule has 0 aliphatic rings. The van der Waals surface area contributed by atoms with E-state index in [1.807, 2.05) is 6.92 Å². The molecule has 0 aliphatic heterocycles. The normalized spacial score (nSPS) is 12.2. The second-order valence-electron chi connectivity index (χ2n) is 5.39. The van der Waals surface area contributed by atoms with Gasteiger partial charge >= 0.3 is 5.97 Å². The van der Waals surface area contributed by atoms with E-state index in [1.165, 1.54) is 16.7 Å². The Balaban J connectivity index is 2.45. The highest BCUT2D eigenvalue weighted by atomic mass is 16.5. The number of unbranched alkanes of at least 4 members (excludes halogenated alkanes) is 1. The topological polar surface area (TPSA) is 52.3 Å². The first-order valence-electron chi connectivity index (χ1n) is 8.15. The van der Waals surface area contributed by atoms with Crippen molar-refractivity contribution in [3.8, 4) is 0 Å². The molecular formula is C18H29NO2. The van der Waals surface area contributed by atoms with Crippen molar-refractivity contribution >= 4 is 5.97 Å². The number of carbonyl (C=O) groups is 1. The number of hydrogen-bond acceptors (Lipinski definition) is 3. The first kappa shape index (κ1) is 17.7. The van der Waals surface area contributed by atoms with Crippen LogP contribution in [0.1, 0.15) is 69.2 Å². The highest BCUT2D eigenvalue weighted by Gasteiger charge is 2.09. The van der Waals surface area contributed by atoms with Crippen molar-refractivity contribution in [2.45, 2.75) is 65.3 Å². The molecular weight excluding hydrogens is 262 g/mol. The molecule has 118 valence electrons. The van der Waals surface area contributed by atoms with Gasteiger partial charge in [0.25, 0.3) is 0 Å². The molecule has 0 saturated carbocycles. The highest BCUT2D eigenvalue weighted by molar-refractivity contribution is 5.69. The Morgan fingerprint density at radius 3 is 2.48 bits per heavy atom. The Labute approximate surface area is 128 Å². The molecule has 2 N–H and O–H groups in total. The van der Waals surface area contributed by atoms with Crippen LogP contribution in [0.15, 0.2) is 18.2 Å². The van der Waals surface area contributed by atoms with Gasteiger partial charge in [-0.2, -0.15) is 0 Å². The summed E-state index contributed by atoms with van der Waals surface area (Å²) >= 11 is 0. The van der Waals surface area contributed by atoms with Gasteiger partial charge in [0.1, 0.15) is 0 Å². The van der Waals surface area contributed by atoms with Gasteiger partial charge in [0.05, 0.1) is 6.61 Å². The summed E-state index contributed by atoms with van der Waals surface area (Å²) in [6.45, 7) is 6.66. The standard InChI is InChI=1S/C18H29NO2/c1-4-14-11-12-16(13-15(14)5-2)17(19)9-7-8-10-18(20)21-6-3/h11-13,17H,4-10,19H2,1-3H3. The van der Waals surface area contributed by atoms with Crippen LogP contribution in [0.5, 0.6) is 0 Å². The lowest BCUT2D eigenvalue weighted by molar-refractivity contribution is -0.143. The molecule has 1 rings (SSSR count). The van der Waals surface area contributed by atoms with Crippen LogP contribution in [0.3, 0.4) is 0 Å². The van der Waals surface area contributed by atoms with Crippen LogP contribution in [-0.2, 0) is 22.4 Å². The third-order valence-electron chi connectivity index (χ3n) is 3.87. The molecule has 3 heteroatoms. The van der Waals surface area contributed by atoms with Crippen molar-refractivity contribution in [2.24, 2.45) is 5.73 Å². The summed E-state index contributed by atoms with van der Waals surface area (Å²) in [5.74, 6) is -0.105. The molecule has 0 radical (unpaired) electrons. The monoisotopic (exact) mass is 291 g/mol. The summed E-state index contributed by atoms with van der Waals surface area (Å²) in [6, 6.07) is 6.65. The molecule has 0 bridgehead atoms. The van der Waals surface area contributed by atoms with Crippen LogP contribution in [0.25, 0.3) is 0 Å². The molecule has 1 aromatic carbocycles. The van der Waals surface area contributed by atoms with Gasteiger partial charge in [0.2, 0.25) is 0 Å². The number of esters is 1. The van der Waals surface area contributed by atoms with E-state index in [0.29, 0.717) is 13.0 Å². The minimum atomic E-state index is -0.105. The number of aryl methyl sites for hydroxylation is 2. The number of rotatable bonds is 9. The minimum Gasteiger partial charge on any atom is -0.466 e. The van der Waals surface area contributed by atoms with Crippen LogP contribution in [0.2, 0.25) is 0 Å². The molecule has 0 fully saturated rings. The second kappa shape index (κ2) is 9.56. The van der Waals surface area contributed by atoms with E-state index < -0.39 is 0 Å². The van der Waals surface area contributed by atoms with E-state index in [4.69, 9.17) is 10.5 Å². The van der Waals surface area contributed by atoms with E-state index in [0.717, 1.165) is 32.1 Å². The van der Waals surface area contributed by atoms with Gasteiger partial charge in [-0.05, 0) is 49.3 Å². The molecule has 1 atom stereocenters. The Kier molecular flexibility index (Phi) is 8.06. The first-order chi connectivity index (χ1) is 10.1. The SMILES string of the molecule is CCOC(=O)CCCCC(N)c1ccc(CC)c(CC)c1. The van der Waals surface area contributed by atoms with Gasteiger partial charge < -0.3 is 10.5 Å². The lowest BCUT2D eigenvalue weighted by atomic mass is 9.95. The average molecular weight is 291 g/mol. The van der Waals surface area contributed by atoms with Crippen molar-refractivity contribution < 1.29 is 9.53 Å². The fourth-order valence-corrected chi connectivity index (χ4v) is 2.58. The molecule has 0 spiro atoms. The lowest BCUT2D eigenvalue weighted by Crippen LogP contribution is -2.11. The van der Waals surface area contributed by atoms with E-state index >= 15 is 0 Å². The number of hydrogen-bond donors (Lipinski definition) is 1. The number of nitrogens with two attached hydrogens (primary N) is 1. The maximum Gasteiger partial charge on any atom is 0.305 e. The molecule has 0 aliphatic carbocycles. The molecule has 0 saturated heterocycles. The van der Waals surface area contributed by atoms with Crippen molar-refractivity contribution in [2.75, 3.05) is 6.61 Å². The van der Waals surface area contributed by atoms with Gasteiger partial charge in [-0.1, -0.05) is 38.5 Å². The zero-order valence-corrected chi connectivity index (χ0v) is 13.7. The fourth-order valence-electron chi connectivity index (χ4n) is 2.58. The largest absolute Gasteiger partial charge is 0.466 e. The third-order valence-corrected chi connectivity index (χ3v) is 3.87. The molecule has 1 aromatic rings. The van der Waals surface area contributed by atoms with Crippen molar-refractivity contribution in [1.82, 2.24) is 0 Å². The Morgan fingerprint density at radius 1 is 1.14 bits per heavy atom. The zero-order chi connectivity index (χ0) is 15.7. The number of ether oxygens (including phenoxy) is 1. The second-order valence-corrected chi connectivity index (χ2v) is 5.39. The molecule has 21 heavy (non-hydrogen) atoms. The third kappa shape index (κ3) is 5.88. The summed E-state index contributed by atoms with van der Waals surface area (Å²) in [4.78, 5) is 11.3. The predicted octanol–water partition coefficient (Wildman–Crippen LogP) is 3.93. The van der Waals surface area contributed by atoms with E-state index in [9.17, 15) is 4.79 Å². The van der Waals surface area contributed by atoms with Crippen LogP contribution in [-0.4, -0.2) is 12.6 Å². The van der Waals surface area contributed by atoms with Crippen molar-refractivity contribution in [3.05, 3.63) is 34.9 Å². The number of benzene rings is 1.